The number of carbonyl (C=O) groups is 3. The Labute approximate surface area is 244 Å². The highest BCUT2D eigenvalue weighted by atomic mass is 16.5. The lowest BCUT2D eigenvalue weighted by Gasteiger charge is -2.39. The maximum absolute atomic E-state index is 14.5. The predicted octanol–water partition coefficient (Wildman–Crippen LogP) is 3.70. The lowest BCUT2D eigenvalue weighted by molar-refractivity contribution is -0.155. The van der Waals surface area contributed by atoms with Gasteiger partial charge in [0.2, 0.25) is 17.7 Å². The van der Waals surface area contributed by atoms with Crippen LogP contribution < -0.4 is 0 Å². The van der Waals surface area contributed by atoms with Gasteiger partial charge in [-0.1, -0.05) is 74.9 Å². The number of benzene rings is 1. The second kappa shape index (κ2) is 12.1. The van der Waals surface area contributed by atoms with Crippen molar-refractivity contribution >= 4 is 17.7 Å². The SMILES string of the molecule is CCCC(C)N1CC=C[C@]23O[C@@]4(CC)C=CCN(Cc5ccccc5)C(=O)[C@H]4[C@H]2C(=O)N(CCCCCO)C3C1=O. The van der Waals surface area contributed by atoms with Gasteiger partial charge in [0.1, 0.15) is 11.6 Å². The predicted molar refractivity (Wildman–Crippen MR) is 156 cm³/mol. The first-order valence-corrected chi connectivity index (χ1v) is 15.4. The van der Waals surface area contributed by atoms with Gasteiger partial charge in [-0.05, 0) is 44.6 Å². The minimum atomic E-state index is -1.22. The Morgan fingerprint density at radius 1 is 0.951 bits per heavy atom. The summed E-state index contributed by atoms with van der Waals surface area (Å²) >= 11 is 0. The van der Waals surface area contributed by atoms with Crippen molar-refractivity contribution in [3.05, 3.63) is 60.2 Å². The van der Waals surface area contributed by atoms with Gasteiger partial charge < -0.3 is 24.5 Å². The topological polar surface area (TPSA) is 90.4 Å². The first kappa shape index (κ1) is 29.5. The van der Waals surface area contributed by atoms with Crippen LogP contribution in [-0.4, -0.2) is 87.1 Å². The molecule has 0 bridgehead atoms. The molecule has 8 heteroatoms. The molecule has 2 fully saturated rings. The van der Waals surface area contributed by atoms with E-state index in [1.54, 1.807) is 4.90 Å². The summed E-state index contributed by atoms with van der Waals surface area (Å²) in [7, 11) is 0. The lowest BCUT2D eigenvalue weighted by atomic mass is 9.73. The van der Waals surface area contributed by atoms with E-state index in [9.17, 15) is 19.5 Å². The third-order valence-electron chi connectivity index (χ3n) is 9.57. The summed E-state index contributed by atoms with van der Waals surface area (Å²) in [5.74, 6) is -1.90. The minimum Gasteiger partial charge on any atom is -0.396 e. The molecule has 4 heterocycles. The Balaban J connectivity index is 1.57. The molecule has 0 radical (unpaired) electrons. The monoisotopic (exact) mass is 563 g/mol. The van der Waals surface area contributed by atoms with E-state index in [0.29, 0.717) is 45.4 Å². The number of hydrogen-bond acceptors (Lipinski definition) is 5. The summed E-state index contributed by atoms with van der Waals surface area (Å²) in [5, 5.41) is 9.31. The van der Waals surface area contributed by atoms with Gasteiger partial charge in [-0.25, -0.2) is 0 Å². The number of fused-ring (bicyclic) bond motifs is 2. The lowest BCUT2D eigenvalue weighted by Crippen LogP contribution is -2.57. The Kier molecular flexibility index (Phi) is 8.71. The molecule has 4 aliphatic rings. The summed E-state index contributed by atoms with van der Waals surface area (Å²) in [6.45, 7) is 7.99. The largest absolute Gasteiger partial charge is 0.396 e. The summed E-state index contributed by atoms with van der Waals surface area (Å²) in [6.07, 6.45) is 12.3. The molecule has 2 unspecified atom stereocenters. The number of amides is 3. The van der Waals surface area contributed by atoms with Crippen LogP contribution in [0.5, 0.6) is 0 Å². The smallest absolute Gasteiger partial charge is 0.249 e. The van der Waals surface area contributed by atoms with E-state index in [0.717, 1.165) is 24.8 Å². The fourth-order valence-corrected chi connectivity index (χ4v) is 7.55. The number of aliphatic hydroxyl groups excluding tert-OH is 1. The quantitative estimate of drug-likeness (QED) is 0.328. The van der Waals surface area contributed by atoms with Gasteiger partial charge >= 0.3 is 0 Å². The number of hydrogen-bond donors (Lipinski definition) is 1. The fraction of sp³-hybridized carbons (Fsp3) is 0.606. The molecule has 0 aliphatic carbocycles. The van der Waals surface area contributed by atoms with Gasteiger partial charge in [-0.2, -0.15) is 0 Å². The van der Waals surface area contributed by atoms with Crippen LogP contribution >= 0.6 is 0 Å². The zero-order valence-electron chi connectivity index (χ0n) is 24.7. The standard InChI is InChI=1S/C33H45N3O5/c1-4-14-24(3)35-21-13-18-33-27(30(39)36(28(33)31(35)40)20-10-7-11-22-37)26-29(38)34(23-25-15-8-6-9-16-25)19-12-17-32(26,5-2)41-33/h6,8-9,12-13,15-18,24,26-28,37H,4-5,7,10-11,14,19-23H2,1-3H3/t24?,26-,27+,28?,32+,33+/m1/s1. The zero-order chi connectivity index (χ0) is 29.2. The third kappa shape index (κ3) is 5.03. The number of carbonyl (C=O) groups excluding carboxylic acids is 3. The molecule has 41 heavy (non-hydrogen) atoms. The van der Waals surface area contributed by atoms with Crippen molar-refractivity contribution in [1.82, 2.24) is 14.7 Å². The van der Waals surface area contributed by atoms with Crippen molar-refractivity contribution in [3.63, 3.8) is 0 Å². The van der Waals surface area contributed by atoms with Gasteiger partial charge in [-0.15, -0.1) is 0 Å². The van der Waals surface area contributed by atoms with Crippen LogP contribution in [0.15, 0.2) is 54.6 Å². The first-order valence-electron chi connectivity index (χ1n) is 15.4. The molecule has 1 spiro atoms. The number of unbranched alkanes of at least 4 members (excludes halogenated alkanes) is 2. The van der Waals surface area contributed by atoms with E-state index >= 15 is 0 Å². The van der Waals surface area contributed by atoms with Crippen LogP contribution in [0.4, 0.5) is 0 Å². The molecule has 1 aromatic carbocycles. The van der Waals surface area contributed by atoms with Crippen LogP contribution in [0.2, 0.25) is 0 Å². The van der Waals surface area contributed by atoms with Gasteiger partial charge in [0, 0.05) is 38.8 Å². The molecule has 0 aromatic heterocycles. The molecular weight excluding hydrogens is 518 g/mol. The summed E-state index contributed by atoms with van der Waals surface area (Å²) in [5.41, 5.74) is -1.17. The first-order chi connectivity index (χ1) is 19.8. The van der Waals surface area contributed by atoms with E-state index in [2.05, 4.69) is 13.8 Å². The fourth-order valence-electron chi connectivity index (χ4n) is 7.55. The Morgan fingerprint density at radius 2 is 1.71 bits per heavy atom. The van der Waals surface area contributed by atoms with Crippen molar-refractivity contribution < 1.29 is 24.2 Å². The molecular formula is C33H45N3O5. The number of rotatable bonds is 11. The van der Waals surface area contributed by atoms with Gasteiger partial charge in [0.05, 0.1) is 17.4 Å². The van der Waals surface area contributed by atoms with E-state index in [-0.39, 0.29) is 30.4 Å². The second-order valence-corrected chi connectivity index (χ2v) is 12.1. The number of likely N-dealkylation sites (tertiary alicyclic amines) is 1. The molecule has 0 saturated carbocycles. The van der Waals surface area contributed by atoms with Crippen LogP contribution in [0.25, 0.3) is 0 Å². The molecule has 1 aromatic rings. The number of ether oxygens (including phenoxy) is 1. The molecule has 8 nitrogen and oxygen atoms in total. The van der Waals surface area contributed by atoms with Crippen molar-refractivity contribution in [2.24, 2.45) is 11.8 Å². The van der Waals surface area contributed by atoms with Gasteiger partial charge in [0.15, 0.2) is 0 Å². The van der Waals surface area contributed by atoms with E-state index in [4.69, 9.17) is 4.74 Å². The maximum atomic E-state index is 14.5. The second-order valence-electron chi connectivity index (χ2n) is 12.1. The maximum Gasteiger partial charge on any atom is 0.249 e. The van der Waals surface area contributed by atoms with Crippen molar-refractivity contribution in [3.8, 4) is 0 Å². The summed E-state index contributed by atoms with van der Waals surface area (Å²) < 4.78 is 7.06. The highest BCUT2D eigenvalue weighted by Crippen LogP contribution is 2.58. The average Bonchev–Trinajstić information content (AvgIpc) is 3.26. The molecule has 5 rings (SSSR count). The molecule has 222 valence electrons. The normalized spacial score (nSPS) is 31.7. The van der Waals surface area contributed by atoms with E-state index < -0.39 is 29.1 Å². The van der Waals surface area contributed by atoms with Crippen LogP contribution in [0.3, 0.4) is 0 Å². The Morgan fingerprint density at radius 3 is 2.41 bits per heavy atom. The minimum absolute atomic E-state index is 0.0209. The van der Waals surface area contributed by atoms with Crippen LogP contribution in [0.1, 0.15) is 64.9 Å². The number of aliphatic hydroxyl groups is 1. The molecule has 3 amide bonds. The number of nitrogens with zero attached hydrogens (tertiary/aromatic N) is 3. The molecule has 4 aliphatic heterocycles. The Hall–Kier alpha value is -2.97. The summed E-state index contributed by atoms with van der Waals surface area (Å²) in [4.78, 5) is 48.8. The highest BCUT2D eigenvalue weighted by Gasteiger charge is 2.75. The molecule has 2 saturated heterocycles. The average molecular weight is 564 g/mol. The third-order valence-corrected chi connectivity index (χ3v) is 9.57. The zero-order valence-corrected chi connectivity index (χ0v) is 24.7. The van der Waals surface area contributed by atoms with Crippen molar-refractivity contribution in [1.29, 1.82) is 0 Å². The molecule has 6 atom stereocenters. The summed E-state index contributed by atoms with van der Waals surface area (Å²) in [6, 6.07) is 9.08. The van der Waals surface area contributed by atoms with Crippen LogP contribution in [-0.2, 0) is 25.7 Å². The van der Waals surface area contributed by atoms with E-state index in [1.165, 1.54) is 0 Å². The highest BCUT2D eigenvalue weighted by molar-refractivity contribution is 6.00. The van der Waals surface area contributed by atoms with E-state index in [1.807, 2.05) is 71.4 Å². The van der Waals surface area contributed by atoms with Crippen LogP contribution in [0, 0.1) is 11.8 Å². The van der Waals surface area contributed by atoms with Crippen molar-refractivity contribution in [2.75, 3.05) is 26.2 Å². The Bertz CT molecular complexity index is 1180. The molecule has 1 N–H and O–H groups in total. The van der Waals surface area contributed by atoms with Crippen molar-refractivity contribution in [2.45, 2.75) is 89.1 Å². The van der Waals surface area contributed by atoms with Gasteiger partial charge in [0.25, 0.3) is 0 Å². The van der Waals surface area contributed by atoms with Gasteiger partial charge in [-0.3, -0.25) is 14.4 Å².